The lowest BCUT2D eigenvalue weighted by Crippen LogP contribution is -2.39. The number of hydrogen-bond donors (Lipinski definition) is 0. The van der Waals surface area contributed by atoms with Crippen LogP contribution in [0.25, 0.3) is 0 Å². The van der Waals surface area contributed by atoms with Gasteiger partial charge in [-0.3, -0.25) is 0 Å². The van der Waals surface area contributed by atoms with E-state index in [4.69, 9.17) is 0 Å². The van der Waals surface area contributed by atoms with Crippen LogP contribution in [0.15, 0.2) is 12.1 Å². The van der Waals surface area contributed by atoms with Crippen molar-refractivity contribution in [3.05, 3.63) is 12.1 Å². The van der Waals surface area contributed by atoms with E-state index < -0.39 is 24.1 Å². The summed E-state index contributed by atoms with van der Waals surface area (Å²) in [7, 11) is 0. The van der Waals surface area contributed by atoms with E-state index >= 15 is 0 Å². The molecule has 0 amide bonds. The molecule has 0 saturated carbocycles. The van der Waals surface area contributed by atoms with Gasteiger partial charge in [0.2, 0.25) is 0 Å². The van der Waals surface area contributed by atoms with Crippen molar-refractivity contribution < 1.29 is 35.5 Å². The summed E-state index contributed by atoms with van der Waals surface area (Å²) in [5.74, 6) is -4.75. The topological polar surface area (TPSA) is 9.23 Å². The molecule has 8 heteroatoms. The third-order valence-electron chi connectivity index (χ3n) is 0.877. The summed E-state index contributed by atoms with van der Waals surface area (Å²) in [6.07, 6.45) is -8.54. The van der Waals surface area contributed by atoms with E-state index in [1.807, 2.05) is 0 Å². The van der Waals surface area contributed by atoms with Crippen molar-refractivity contribution in [3.63, 3.8) is 0 Å². The molecule has 0 heterocycles. The first-order valence-corrected chi connectivity index (χ1v) is 2.73. The lowest BCUT2D eigenvalue weighted by Gasteiger charge is -2.21. The van der Waals surface area contributed by atoms with Gasteiger partial charge in [-0.15, -0.1) is 0 Å². The molecule has 13 heavy (non-hydrogen) atoms. The van der Waals surface area contributed by atoms with Crippen LogP contribution in [0.3, 0.4) is 0 Å². The Labute approximate surface area is 67.8 Å². The van der Waals surface area contributed by atoms with Gasteiger partial charge in [0.25, 0.3) is 0 Å². The van der Waals surface area contributed by atoms with Gasteiger partial charge >= 0.3 is 24.1 Å². The number of rotatable bonds is 3. The zero-order valence-corrected chi connectivity index (χ0v) is 6.05. The van der Waals surface area contributed by atoms with Gasteiger partial charge in [0.05, 0.1) is 0 Å². The molecule has 0 bridgehead atoms. The maximum absolute atomic E-state index is 12.0. The van der Waals surface area contributed by atoms with Crippen LogP contribution in [-0.4, -0.2) is 12.0 Å². The van der Waals surface area contributed by atoms with Crippen LogP contribution in [0.1, 0.15) is 6.92 Å². The van der Waals surface area contributed by atoms with Crippen molar-refractivity contribution in [1.29, 1.82) is 0 Å². The van der Waals surface area contributed by atoms with E-state index in [9.17, 15) is 30.7 Å². The summed E-state index contributed by atoms with van der Waals surface area (Å²) >= 11 is 0. The zero-order chi connectivity index (χ0) is 10.9. The largest absolute Gasteiger partial charge is 0.465 e. The predicted octanol–water partition coefficient (Wildman–Crippen LogP) is 3.29. The average Bonchev–Trinajstić information content (AvgIpc) is 1.83. The van der Waals surface area contributed by atoms with Crippen LogP contribution in [0.4, 0.5) is 30.7 Å². The molecular weight excluding hydrogens is 209 g/mol. The highest BCUT2D eigenvalue weighted by Gasteiger charge is 2.56. The van der Waals surface area contributed by atoms with Gasteiger partial charge in [-0.1, -0.05) is 0 Å². The molecule has 0 N–H and O–H groups in total. The van der Waals surface area contributed by atoms with Crippen LogP contribution < -0.4 is 0 Å². The van der Waals surface area contributed by atoms with Crippen molar-refractivity contribution in [2.75, 3.05) is 0 Å². The fourth-order valence-electron chi connectivity index (χ4n) is 0.241. The Morgan fingerprint density at radius 1 is 1.00 bits per heavy atom. The summed E-state index contributed by atoms with van der Waals surface area (Å²) in [4.78, 5) is 0. The molecule has 78 valence electrons. The Balaban J connectivity index is 4.63. The normalized spacial score (nSPS) is 12.6. The summed E-state index contributed by atoms with van der Waals surface area (Å²) in [6.45, 7) is -0.295. The van der Waals surface area contributed by atoms with Gasteiger partial charge in [-0.2, -0.15) is 30.7 Å². The van der Waals surface area contributed by atoms with Gasteiger partial charge in [0, 0.05) is 6.92 Å². The minimum absolute atomic E-state index is 0.295. The predicted molar refractivity (Wildman–Crippen MR) is 27.0 cm³/mol. The van der Waals surface area contributed by atoms with Gasteiger partial charge < -0.3 is 4.74 Å². The van der Waals surface area contributed by atoms with Crippen LogP contribution >= 0.6 is 0 Å². The van der Waals surface area contributed by atoms with Crippen molar-refractivity contribution >= 4 is 0 Å². The van der Waals surface area contributed by atoms with Crippen molar-refractivity contribution in [2.45, 2.75) is 19.0 Å². The van der Waals surface area contributed by atoms with E-state index in [2.05, 4.69) is 4.74 Å². The van der Waals surface area contributed by atoms with Crippen molar-refractivity contribution in [1.82, 2.24) is 0 Å². The van der Waals surface area contributed by atoms with E-state index in [-0.39, 0.29) is 6.92 Å². The smallest absolute Gasteiger partial charge is 0.398 e. The first kappa shape index (κ1) is 12.0. The molecule has 0 aliphatic heterocycles. The molecule has 0 aromatic heterocycles. The molecule has 0 spiro atoms. The highest BCUT2D eigenvalue weighted by atomic mass is 19.3. The molecule has 0 aromatic carbocycles. The van der Waals surface area contributed by atoms with Gasteiger partial charge in [0.15, 0.2) is 0 Å². The summed E-state index contributed by atoms with van der Waals surface area (Å²) in [5, 5.41) is 0. The lowest BCUT2D eigenvalue weighted by molar-refractivity contribution is -0.333. The number of halogens is 7. The van der Waals surface area contributed by atoms with Gasteiger partial charge in [-0.25, -0.2) is 0 Å². The summed E-state index contributed by atoms with van der Waals surface area (Å²) < 4.78 is 83.9. The van der Waals surface area contributed by atoms with Crippen LogP contribution in [0.5, 0.6) is 0 Å². The van der Waals surface area contributed by atoms with E-state index in [1.165, 1.54) is 0 Å². The lowest BCUT2D eigenvalue weighted by atomic mass is 10.4. The van der Waals surface area contributed by atoms with Gasteiger partial charge in [0.1, 0.15) is 0 Å². The highest BCUT2D eigenvalue weighted by Crippen LogP contribution is 2.37. The van der Waals surface area contributed by atoms with E-state index in [0.717, 1.165) is 0 Å². The molecule has 0 rings (SSSR count). The second kappa shape index (κ2) is 3.43. The summed E-state index contributed by atoms with van der Waals surface area (Å²) in [6, 6.07) is -3.02. The average molecular weight is 212 g/mol. The first-order valence-electron chi connectivity index (χ1n) is 2.73. The molecule has 1 nitrogen and oxygen atoms in total. The Morgan fingerprint density at radius 3 is 1.62 bits per heavy atom. The zero-order valence-electron chi connectivity index (χ0n) is 6.05. The molecular formula is C5H3F7O. The summed E-state index contributed by atoms with van der Waals surface area (Å²) in [5.41, 5.74) is 0. The van der Waals surface area contributed by atoms with Crippen LogP contribution in [-0.2, 0) is 4.74 Å². The molecule has 0 aliphatic rings. The molecule has 0 fully saturated rings. The second-order valence-electron chi connectivity index (χ2n) is 2.04. The molecule has 0 aromatic rings. The van der Waals surface area contributed by atoms with Crippen LogP contribution in [0.2, 0.25) is 0 Å². The van der Waals surface area contributed by atoms with Crippen molar-refractivity contribution in [3.8, 4) is 0 Å². The quantitative estimate of drug-likeness (QED) is 0.515. The monoisotopic (exact) mass is 212 g/mol. The molecule has 0 unspecified atom stereocenters. The molecule has 0 atom stereocenters. The highest BCUT2D eigenvalue weighted by molar-refractivity contribution is 4.85. The standard InChI is InChI=1S/C5H3F7O/c1-4(9,10)5(11,12)13-3(8)2(6)7/h1H3. The number of alkyl halides is 4. The maximum atomic E-state index is 12.0. The maximum Gasteiger partial charge on any atom is 0.465 e. The Morgan fingerprint density at radius 2 is 1.38 bits per heavy atom. The third-order valence-corrected chi connectivity index (χ3v) is 0.877. The van der Waals surface area contributed by atoms with Gasteiger partial charge in [-0.05, 0) is 0 Å². The Kier molecular flexibility index (Phi) is 3.18. The first-order chi connectivity index (χ1) is 5.58. The fraction of sp³-hybridized carbons (Fsp3) is 0.600. The van der Waals surface area contributed by atoms with Crippen molar-refractivity contribution in [2.24, 2.45) is 0 Å². The molecule has 0 aliphatic carbocycles. The fourth-order valence-corrected chi connectivity index (χ4v) is 0.241. The van der Waals surface area contributed by atoms with Crippen LogP contribution in [0, 0.1) is 0 Å². The van der Waals surface area contributed by atoms with E-state index in [1.54, 1.807) is 0 Å². The minimum Gasteiger partial charge on any atom is -0.398 e. The minimum atomic E-state index is -5.31. The number of hydrogen-bond acceptors (Lipinski definition) is 1. The second-order valence-corrected chi connectivity index (χ2v) is 2.04. The Hall–Kier alpha value is -0.950. The number of ether oxygens (including phenoxy) is 1. The SMILES string of the molecule is CC(F)(F)C(F)(F)OC(F)=C(F)F. The molecule has 0 saturated heterocycles. The van der Waals surface area contributed by atoms with E-state index in [0.29, 0.717) is 0 Å². The Bertz CT molecular complexity index is 211. The third kappa shape index (κ3) is 3.11. The molecule has 0 radical (unpaired) electrons.